The van der Waals surface area contributed by atoms with Crippen molar-refractivity contribution in [2.75, 3.05) is 5.75 Å². The number of halogens is 1. The van der Waals surface area contributed by atoms with Gasteiger partial charge in [-0.25, -0.2) is 0 Å². The summed E-state index contributed by atoms with van der Waals surface area (Å²) in [7, 11) is -0.456. The summed E-state index contributed by atoms with van der Waals surface area (Å²) >= 11 is 7.19. The molecule has 0 amide bonds. The Balaban J connectivity index is 2.28. The van der Waals surface area contributed by atoms with Crippen molar-refractivity contribution >= 4 is 41.7 Å². The fraction of sp³-hybridized carbons (Fsp3) is 0.471. The average molecular weight is 353 g/mol. The minimum absolute atomic E-state index is 0.0727. The fourth-order valence-electron chi connectivity index (χ4n) is 2.13. The number of thioether (sulfide) groups is 1. The number of hydrogen-bond donors (Lipinski definition) is 0. The largest absolute Gasteiger partial charge is 0.491 e. The molecular weight excluding hydrogens is 331 g/mol. The molecule has 0 N–H and O–H groups in total. The Morgan fingerprint density at radius 3 is 2.17 bits per heavy atom. The van der Waals surface area contributed by atoms with E-state index in [1.165, 1.54) is 11.8 Å². The summed E-state index contributed by atoms with van der Waals surface area (Å²) in [5.41, 5.74) is 1.13. The molecule has 0 spiro atoms. The molecule has 2 rings (SSSR count). The summed E-state index contributed by atoms with van der Waals surface area (Å²) in [6, 6.07) is 7.55. The van der Waals surface area contributed by atoms with Gasteiger partial charge in [-0.3, -0.25) is 4.79 Å². The van der Waals surface area contributed by atoms with Crippen LogP contribution in [0.1, 0.15) is 40.2 Å². The van der Waals surface area contributed by atoms with Crippen LogP contribution in [0.15, 0.2) is 29.7 Å². The van der Waals surface area contributed by atoms with Gasteiger partial charge in [0.2, 0.25) is 0 Å². The van der Waals surface area contributed by atoms with Crippen molar-refractivity contribution in [1.82, 2.24) is 0 Å². The Hall–Kier alpha value is -0.745. The van der Waals surface area contributed by atoms with Gasteiger partial charge in [-0.1, -0.05) is 41.6 Å². The van der Waals surface area contributed by atoms with Gasteiger partial charge in [-0.2, -0.15) is 0 Å². The number of carbonyl (C=O) groups is 1. The first kappa shape index (κ1) is 18.6. The minimum Gasteiger partial charge on any atom is -0.400 e. The van der Waals surface area contributed by atoms with Gasteiger partial charge in [-0.05, 0) is 50.9 Å². The molecule has 0 unspecified atom stereocenters. The summed E-state index contributed by atoms with van der Waals surface area (Å²) in [6.45, 7) is 9.64. The molecule has 1 fully saturated rings. The maximum absolute atomic E-state index is 11.4. The molecule has 1 aromatic rings. The van der Waals surface area contributed by atoms with Crippen LogP contribution in [0.25, 0.3) is 6.08 Å². The van der Waals surface area contributed by atoms with E-state index in [4.69, 9.17) is 20.9 Å². The molecule has 124 valence electrons. The standard InChI is InChI=1S/C17H22BClO3S/c1-12(20)23-11-14(10-13-6-8-15(19)9-7-13)18-21-16(2,3)17(4,5)22-18/h6-10H,11H2,1-5H3. The lowest BCUT2D eigenvalue weighted by molar-refractivity contribution is -0.109. The van der Waals surface area contributed by atoms with Crippen molar-refractivity contribution in [2.45, 2.75) is 45.8 Å². The van der Waals surface area contributed by atoms with Crippen LogP contribution in [-0.2, 0) is 14.1 Å². The first-order chi connectivity index (χ1) is 10.6. The Morgan fingerprint density at radius 1 is 1.17 bits per heavy atom. The quantitative estimate of drug-likeness (QED) is 0.740. The molecule has 0 saturated carbocycles. The molecule has 3 nitrogen and oxygen atoms in total. The molecule has 6 heteroatoms. The highest BCUT2D eigenvalue weighted by Gasteiger charge is 2.52. The van der Waals surface area contributed by atoms with Crippen LogP contribution in [0.5, 0.6) is 0 Å². The molecule has 0 bridgehead atoms. The van der Waals surface area contributed by atoms with Gasteiger partial charge in [0.1, 0.15) is 0 Å². The lowest BCUT2D eigenvalue weighted by atomic mass is 9.78. The Bertz CT molecular complexity index is 595. The smallest absolute Gasteiger partial charge is 0.400 e. The number of benzene rings is 1. The van der Waals surface area contributed by atoms with Crippen LogP contribution in [0, 0.1) is 0 Å². The second kappa shape index (κ2) is 7.02. The second-order valence-corrected chi connectivity index (χ2v) is 8.23. The normalized spacial score (nSPS) is 19.9. The maximum atomic E-state index is 11.4. The Morgan fingerprint density at radius 2 is 1.70 bits per heavy atom. The van der Waals surface area contributed by atoms with E-state index in [1.54, 1.807) is 6.92 Å². The zero-order chi connectivity index (χ0) is 17.3. The van der Waals surface area contributed by atoms with Crippen molar-refractivity contribution in [1.29, 1.82) is 0 Å². The molecule has 0 atom stereocenters. The van der Waals surface area contributed by atoms with Gasteiger partial charge in [0.15, 0.2) is 5.12 Å². The molecule has 1 heterocycles. The van der Waals surface area contributed by atoms with E-state index in [0.717, 1.165) is 11.0 Å². The van der Waals surface area contributed by atoms with Crippen molar-refractivity contribution in [3.63, 3.8) is 0 Å². The highest BCUT2D eigenvalue weighted by molar-refractivity contribution is 8.13. The van der Waals surface area contributed by atoms with Crippen LogP contribution < -0.4 is 0 Å². The van der Waals surface area contributed by atoms with Gasteiger partial charge in [0.05, 0.1) is 11.2 Å². The molecular formula is C17H22BClO3S. The second-order valence-electron chi connectivity index (χ2n) is 6.64. The average Bonchev–Trinajstić information content (AvgIpc) is 2.65. The molecule has 1 aliphatic rings. The third kappa shape index (κ3) is 4.63. The third-order valence-electron chi connectivity index (χ3n) is 4.22. The number of rotatable bonds is 4. The van der Waals surface area contributed by atoms with E-state index in [1.807, 2.05) is 58.0 Å². The lowest BCUT2D eigenvalue weighted by Gasteiger charge is -2.32. The highest BCUT2D eigenvalue weighted by atomic mass is 35.5. The molecule has 1 saturated heterocycles. The highest BCUT2D eigenvalue weighted by Crippen LogP contribution is 2.39. The summed E-state index contributed by atoms with van der Waals surface area (Å²) in [5.74, 6) is 0.536. The zero-order valence-corrected chi connectivity index (χ0v) is 15.8. The molecule has 0 aliphatic carbocycles. The van der Waals surface area contributed by atoms with Gasteiger partial charge in [0, 0.05) is 17.7 Å². The van der Waals surface area contributed by atoms with E-state index in [0.29, 0.717) is 10.8 Å². The van der Waals surface area contributed by atoms with Crippen LogP contribution in [-0.4, -0.2) is 29.2 Å². The van der Waals surface area contributed by atoms with Gasteiger partial charge < -0.3 is 9.31 Å². The molecule has 0 radical (unpaired) electrons. The SMILES string of the molecule is CC(=O)SCC(=Cc1ccc(Cl)cc1)B1OC(C)(C)C(C)(C)O1. The van der Waals surface area contributed by atoms with Crippen LogP contribution in [0.2, 0.25) is 5.02 Å². The van der Waals surface area contributed by atoms with Crippen molar-refractivity contribution < 1.29 is 14.1 Å². The number of hydrogen-bond acceptors (Lipinski definition) is 4. The van der Waals surface area contributed by atoms with Crippen LogP contribution >= 0.6 is 23.4 Å². The summed E-state index contributed by atoms with van der Waals surface area (Å²) < 4.78 is 12.2. The van der Waals surface area contributed by atoms with Crippen molar-refractivity contribution in [3.8, 4) is 0 Å². The van der Waals surface area contributed by atoms with E-state index in [2.05, 4.69) is 0 Å². The van der Waals surface area contributed by atoms with Crippen LogP contribution in [0.4, 0.5) is 0 Å². The van der Waals surface area contributed by atoms with Gasteiger partial charge >= 0.3 is 7.12 Å². The van der Waals surface area contributed by atoms with E-state index >= 15 is 0 Å². The number of carbonyl (C=O) groups excluding carboxylic acids is 1. The van der Waals surface area contributed by atoms with Gasteiger partial charge in [0.25, 0.3) is 0 Å². The fourth-order valence-corrected chi connectivity index (χ4v) is 2.85. The first-order valence-electron chi connectivity index (χ1n) is 7.56. The topological polar surface area (TPSA) is 35.5 Å². The zero-order valence-electron chi connectivity index (χ0n) is 14.2. The third-order valence-corrected chi connectivity index (χ3v) is 5.36. The summed E-state index contributed by atoms with van der Waals surface area (Å²) in [6.07, 6.45) is 2.01. The summed E-state index contributed by atoms with van der Waals surface area (Å²) in [5, 5.41) is 0.765. The Kier molecular flexibility index (Phi) is 5.67. The Labute approximate surface area is 147 Å². The van der Waals surface area contributed by atoms with E-state index < -0.39 is 18.3 Å². The summed E-state index contributed by atoms with van der Waals surface area (Å²) in [4.78, 5) is 11.4. The van der Waals surface area contributed by atoms with Gasteiger partial charge in [-0.15, -0.1) is 0 Å². The van der Waals surface area contributed by atoms with E-state index in [9.17, 15) is 4.79 Å². The van der Waals surface area contributed by atoms with Crippen molar-refractivity contribution in [2.24, 2.45) is 0 Å². The first-order valence-corrected chi connectivity index (χ1v) is 8.92. The lowest BCUT2D eigenvalue weighted by Crippen LogP contribution is -2.41. The maximum Gasteiger partial charge on any atom is 0.491 e. The minimum atomic E-state index is -0.456. The van der Waals surface area contributed by atoms with Crippen molar-refractivity contribution in [3.05, 3.63) is 40.3 Å². The molecule has 0 aromatic heterocycles. The van der Waals surface area contributed by atoms with Crippen LogP contribution in [0.3, 0.4) is 0 Å². The molecule has 1 aliphatic heterocycles. The molecule has 1 aromatic carbocycles. The predicted molar refractivity (Wildman–Crippen MR) is 98.7 cm³/mol. The predicted octanol–water partition coefficient (Wildman–Crippen LogP) is 4.63. The monoisotopic (exact) mass is 352 g/mol. The van der Waals surface area contributed by atoms with E-state index in [-0.39, 0.29) is 5.12 Å². The molecule has 23 heavy (non-hydrogen) atoms.